The second-order valence-electron chi connectivity index (χ2n) is 6.74. The van der Waals surface area contributed by atoms with Crippen LogP contribution in [0.1, 0.15) is 35.4 Å². The molecule has 146 valence electrons. The van der Waals surface area contributed by atoms with E-state index < -0.39 is 10.0 Å². The van der Waals surface area contributed by atoms with Crippen LogP contribution in [0.5, 0.6) is 0 Å². The topological polar surface area (TPSA) is 92.9 Å². The molecule has 1 aliphatic rings. The molecule has 0 unspecified atom stereocenters. The Morgan fingerprint density at radius 2 is 1.85 bits per heavy atom. The summed E-state index contributed by atoms with van der Waals surface area (Å²) in [5.74, 6) is 0.351. The lowest BCUT2D eigenvalue weighted by Crippen LogP contribution is -3.10. The molecule has 2 aromatic rings. The van der Waals surface area contributed by atoms with E-state index in [2.05, 4.69) is 10.0 Å². The summed E-state index contributed by atoms with van der Waals surface area (Å²) in [7, 11) is -3.65. The highest BCUT2D eigenvalue weighted by atomic mass is 32.2. The molecule has 3 N–H and O–H groups in total. The Hall–Kier alpha value is -2.16. The first-order chi connectivity index (χ1) is 13.0. The van der Waals surface area contributed by atoms with Crippen LogP contribution in [0.25, 0.3) is 0 Å². The van der Waals surface area contributed by atoms with Gasteiger partial charge in [-0.1, -0.05) is 0 Å². The van der Waals surface area contributed by atoms with Gasteiger partial charge in [0.2, 0.25) is 10.0 Å². The van der Waals surface area contributed by atoms with Crippen molar-refractivity contribution in [3.8, 4) is 0 Å². The SMILES string of the molecule is O=C(NCCC[NH+]1CCCC1)c1ccc(S(=O)(=O)NCc2ccco2)cc1. The molecule has 27 heavy (non-hydrogen) atoms. The molecule has 1 aromatic heterocycles. The number of hydrogen-bond acceptors (Lipinski definition) is 4. The summed E-state index contributed by atoms with van der Waals surface area (Å²) in [6, 6.07) is 9.33. The molecule has 2 heterocycles. The van der Waals surface area contributed by atoms with Gasteiger partial charge < -0.3 is 14.6 Å². The van der Waals surface area contributed by atoms with Crippen LogP contribution in [-0.2, 0) is 16.6 Å². The standard InChI is InChI=1S/C19H25N3O4S/c23-19(20-10-4-13-22-11-1-2-12-22)16-6-8-18(9-7-16)27(24,25)21-15-17-5-3-14-26-17/h3,5-9,14,21H,1-2,4,10-13,15H2,(H,20,23)/p+1. The van der Waals surface area contributed by atoms with Gasteiger partial charge >= 0.3 is 0 Å². The molecule has 0 aliphatic carbocycles. The van der Waals surface area contributed by atoms with E-state index >= 15 is 0 Å². The number of hydrogen-bond donors (Lipinski definition) is 3. The summed E-state index contributed by atoms with van der Waals surface area (Å²) in [6.45, 7) is 4.26. The van der Waals surface area contributed by atoms with Gasteiger partial charge in [-0.25, -0.2) is 13.1 Å². The van der Waals surface area contributed by atoms with Crippen LogP contribution in [0.4, 0.5) is 0 Å². The predicted molar refractivity (Wildman–Crippen MR) is 101 cm³/mol. The quantitative estimate of drug-likeness (QED) is 0.544. The molecule has 1 aromatic carbocycles. The highest BCUT2D eigenvalue weighted by molar-refractivity contribution is 7.89. The summed E-state index contributed by atoms with van der Waals surface area (Å²) in [4.78, 5) is 13.9. The van der Waals surface area contributed by atoms with E-state index in [0.717, 1.165) is 13.0 Å². The Bertz CT molecular complexity index is 826. The molecule has 8 heteroatoms. The van der Waals surface area contributed by atoms with Crippen LogP contribution < -0.4 is 14.9 Å². The third-order valence-electron chi connectivity index (χ3n) is 4.75. The Balaban J connectivity index is 1.47. The molecule has 1 fully saturated rings. The second-order valence-corrected chi connectivity index (χ2v) is 8.51. The van der Waals surface area contributed by atoms with E-state index in [1.54, 1.807) is 17.0 Å². The maximum Gasteiger partial charge on any atom is 0.251 e. The van der Waals surface area contributed by atoms with E-state index in [1.807, 2.05) is 0 Å². The summed E-state index contributed by atoms with van der Waals surface area (Å²) in [5.41, 5.74) is 0.452. The predicted octanol–water partition coefficient (Wildman–Crippen LogP) is 0.557. The third kappa shape index (κ3) is 5.66. The maximum atomic E-state index is 12.3. The number of nitrogens with one attached hydrogen (secondary N) is 3. The number of sulfonamides is 1. The van der Waals surface area contributed by atoms with E-state index in [9.17, 15) is 13.2 Å². The average molecular weight is 393 g/mol. The number of likely N-dealkylation sites (tertiary alicyclic amines) is 1. The lowest BCUT2D eigenvalue weighted by molar-refractivity contribution is -0.887. The number of quaternary nitrogens is 1. The zero-order valence-electron chi connectivity index (χ0n) is 15.2. The second kappa shape index (κ2) is 9.16. The average Bonchev–Trinajstić information content (AvgIpc) is 3.37. The minimum atomic E-state index is -3.65. The Kier molecular flexibility index (Phi) is 6.65. The number of benzene rings is 1. The zero-order chi connectivity index (χ0) is 19.1. The summed E-state index contributed by atoms with van der Waals surface area (Å²) >= 11 is 0. The van der Waals surface area contributed by atoms with Crippen molar-refractivity contribution in [3.63, 3.8) is 0 Å². The fraction of sp³-hybridized carbons (Fsp3) is 0.421. The van der Waals surface area contributed by atoms with E-state index in [4.69, 9.17) is 4.42 Å². The molecule has 0 bridgehead atoms. The number of furan rings is 1. The van der Waals surface area contributed by atoms with Gasteiger partial charge in [-0.2, -0.15) is 0 Å². The van der Waals surface area contributed by atoms with Crippen molar-refractivity contribution in [1.82, 2.24) is 10.0 Å². The molecular weight excluding hydrogens is 366 g/mol. The van der Waals surface area contributed by atoms with Gasteiger partial charge in [0.25, 0.3) is 5.91 Å². The van der Waals surface area contributed by atoms with Crippen LogP contribution >= 0.6 is 0 Å². The smallest absolute Gasteiger partial charge is 0.251 e. The molecule has 0 saturated carbocycles. The minimum absolute atomic E-state index is 0.0799. The lowest BCUT2D eigenvalue weighted by Gasteiger charge is -2.12. The van der Waals surface area contributed by atoms with Crippen LogP contribution in [0, 0.1) is 0 Å². The molecule has 7 nitrogen and oxygen atoms in total. The fourth-order valence-electron chi connectivity index (χ4n) is 3.22. The lowest BCUT2D eigenvalue weighted by atomic mass is 10.2. The first kappa shape index (κ1) is 19.6. The Morgan fingerprint density at radius 1 is 1.11 bits per heavy atom. The Labute approximate surface area is 159 Å². The molecule has 1 amide bonds. The summed E-state index contributed by atoms with van der Waals surface area (Å²) in [5, 5.41) is 2.90. The fourth-order valence-corrected chi connectivity index (χ4v) is 4.21. The van der Waals surface area contributed by atoms with Gasteiger partial charge in [0.05, 0.1) is 37.3 Å². The maximum absolute atomic E-state index is 12.3. The van der Waals surface area contributed by atoms with Gasteiger partial charge in [-0.3, -0.25) is 4.79 Å². The largest absolute Gasteiger partial charge is 0.468 e. The summed E-state index contributed by atoms with van der Waals surface area (Å²) < 4.78 is 32.2. The van der Waals surface area contributed by atoms with Crippen LogP contribution in [0.15, 0.2) is 52.0 Å². The van der Waals surface area contributed by atoms with Crippen molar-refractivity contribution in [2.75, 3.05) is 26.2 Å². The van der Waals surface area contributed by atoms with Crippen molar-refractivity contribution < 1.29 is 22.5 Å². The molecule has 3 rings (SSSR count). The Morgan fingerprint density at radius 3 is 2.52 bits per heavy atom. The highest BCUT2D eigenvalue weighted by Gasteiger charge is 2.16. The number of carbonyl (C=O) groups excluding carboxylic acids is 1. The van der Waals surface area contributed by atoms with E-state index in [0.29, 0.717) is 17.9 Å². The van der Waals surface area contributed by atoms with Gasteiger partial charge in [0, 0.05) is 31.4 Å². The molecule has 1 saturated heterocycles. The number of rotatable bonds is 9. The first-order valence-corrected chi connectivity index (χ1v) is 10.8. The zero-order valence-corrected chi connectivity index (χ0v) is 16.1. The first-order valence-electron chi connectivity index (χ1n) is 9.28. The van der Waals surface area contributed by atoms with E-state index in [-0.39, 0.29) is 17.3 Å². The van der Waals surface area contributed by atoms with Gasteiger partial charge in [-0.05, 0) is 36.4 Å². The van der Waals surface area contributed by atoms with Gasteiger partial charge in [0.15, 0.2) is 0 Å². The molecule has 0 spiro atoms. The van der Waals surface area contributed by atoms with Crippen molar-refractivity contribution in [1.29, 1.82) is 0 Å². The van der Waals surface area contributed by atoms with E-state index in [1.165, 1.54) is 56.5 Å². The number of carbonyl (C=O) groups is 1. The van der Waals surface area contributed by atoms with Crippen LogP contribution in [-0.4, -0.2) is 40.5 Å². The number of amides is 1. The van der Waals surface area contributed by atoms with Crippen molar-refractivity contribution >= 4 is 15.9 Å². The third-order valence-corrected chi connectivity index (χ3v) is 6.16. The minimum Gasteiger partial charge on any atom is -0.468 e. The monoisotopic (exact) mass is 392 g/mol. The van der Waals surface area contributed by atoms with Gasteiger partial charge in [0.1, 0.15) is 5.76 Å². The molecule has 0 radical (unpaired) electrons. The van der Waals surface area contributed by atoms with Crippen LogP contribution in [0.2, 0.25) is 0 Å². The molecule has 0 atom stereocenters. The van der Waals surface area contributed by atoms with Crippen molar-refractivity contribution in [3.05, 3.63) is 54.0 Å². The molecule has 1 aliphatic heterocycles. The summed E-state index contributed by atoms with van der Waals surface area (Å²) in [6.07, 6.45) is 5.04. The van der Waals surface area contributed by atoms with Crippen molar-refractivity contribution in [2.24, 2.45) is 0 Å². The molecular formula is C19H26N3O4S+. The van der Waals surface area contributed by atoms with Crippen molar-refractivity contribution in [2.45, 2.75) is 30.7 Å². The van der Waals surface area contributed by atoms with Gasteiger partial charge in [-0.15, -0.1) is 0 Å². The van der Waals surface area contributed by atoms with Crippen LogP contribution in [0.3, 0.4) is 0 Å². The normalized spacial score (nSPS) is 15.1. The highest BCUT2D eigenvalue weighted by Crippen LogP contribution is 2.11.